The van der Waals surface area contributed by atoms with E-state index in [2.05, 4.69) is 0 Å². The van der Waals surface area contributed by atoms with Gasteiger partial charge in [0.15, 0.2) is 17.3 Å². The number of phenolic OH excluding ortho intramolecular Hbond substituents is 1. The van der Waals surface area contributed by atoms with Crippen LogP contribution in [-0.2, 0) is 0 Å². The largest absolute Gasteiger partial charge is 0.504 e. The van der Waals surface area contributed by atoms with E-state index in [4.69, 9.17) is 9.47 Å². The number of phenols is 1. The Morgan fingerprint density at radius 3 is 2.24 bits per heavy atom. The summed E-state index contributed by atoms with van der Waals surface area (Å²) in [6.07, 6.45) is 1.68. The van der Waals surface area contributed by atoms with Crippen molar-refractivity contribution in [2.45, 2.75) is 4.90 Å². The van der Waals surface area contributed by atoms with Crippen LogP contribution < -0.4 is 9.47 Å². The number of ketones is 1. The molecule has 0 saturated heterocycles. The van der Waals surface area contributed by atoms with Gasteiger partial charge < -0.3 is 14.6 Å². The van der Waals surface area contributed by atoms with E-state index in [1.54, 1.807) is 61.7 Å². The third-order valence-electron chi connectivity index (χ3n) is 4.12. The molecule has 0 aliphatic heterocycles. The minimum Gasteiger partial charge on any atom is -0.504 e. The first kappa shape index (κ1) is 20.5. The summed E-state index contributed by atoms with van der Waals surface area (Å²) in [7, 11) is 3.02. The number of methoxy groups -OCH3 is 2. The van der Waals surface area contributed by atoms with Crippen molar-refractivity contribution in [3.63, 3.8) is 0 Å². The number of thioether (sulfide) groups is 1. The molecule has 0 unspecified atom stereocenters. The zero-order valence-electron chi connectivity index (χ0n) is 15.9. The van der Waals surface area contributed by atoms with Crippen LogP contribution in [0.15, 0.2) is 76.5 Å². The van der Waals surface area contributed by atoms with Gasteiger partial charge in [-0.15, -0.1) is 0 Å². The lowest BCUT2D eigenvalue weighted by Gasteiger charge is -2.09. The Bertz CT molecular complexity index is 1030. The lowest BCUT2D eigenvalue weighted by molar-refractivity contribution is 0.104. The van der Waals surface area contributed by atoms with Gasteiger partial charge in [-0.25, -0.2) is 4.39 Å². The molecule has 1 N–H and O–H groups in total. The first-order valence-corrected chi connectivity index (χ1v) is 9.52. The van der Waals surface area contributed by atoms with Crippen molar-refractivity contribution in [3.8, 4) is 17.2 Å². The van der Waals surface area contributed by atoms with Gasteiger partial charge in [0.05, 0.1) is 19.1 Å². The van der Waals surface area contributed by atoms with Gasteiger partial charge >= 0.3 is 0 Å². The number of carbonyl (C=O) groups is 1. The summed E-state index contributed by atoms with van der Waals surface area (Å²) in [6, 6.07) is 17.6. The second-order valence-corrected chi connectivity index (χ2v) is 7.17. The van der Waals surface area contributed by atoms with E-state index in [1.807, 2.05) is 0 Å². The molecule has 4 nitrogen and oxygen atoms in total. The number of carbonyl (C=O) groups excluding carboxylic acids is 1. The van der Waals surface area contributed by atoms with Gasteiger partial charge in [0.25, 0.3) is 0 Å². The Labute approximate surface area is 172 Å². The van der Waals surface area contributed by atoms with E-state index in [0.717, 1.165) is 4.90 Å². The third kappa shape index (κ3) is 5.18. The molecule has 0 saturated carbocycles. The lowest BCUT2D eigenvalue weighted by atomic mass is 10.1. The predicted molar refractivity (Wildman–Crippen MR) is 112 cm³/mol. The van der Waals surface area contributed by atoms with Gasteiger partial charge in [-0.3, -0.25) is 4.79 Å². The maximum absolute atomic E-state index is 13.2. The standard InChI is InChI=1S/C23H19FO4S/c1-27-18-8-4-16(5-9-18)23(26)22(29-19-10-6-17(24)7-11-19)14-15-3-12-21(28-2)20(25)13-15/h3-14,25H,1-2H3/b22-14+. The van der Waals surface area contributed by atoms with Crippen molar-refractivity contribution in [1.82, 2.24) is 0 Å². The molecular weight excluding hydrogens is 391 g/mol. The smallest absolute Gasteiger partial charge is 0.199 e. The number of allylic oxidation sites excluding steroid dienone is 1. The first-order valence-electron chi connectivity index (χ1n) is 8.71. The Hall–Kier alpha value is -3.25. The van der Waals surface area contributed by atoms with Crippen molar-refractivity contribution in [2.75, 3.05) is 14.2 Å². The van der Waals surface area contributed by atoms with Crippen LogP contribution in [0.2, 0.25) is 0 Å². The van der Waals surface area contributed by atoms with Crippen molar-refractivity contribution in [2.24, 2.45) is 0 Å². The molecule has 0 heterocycles. The molecule has 0 aromatic heterocycles. The highest BCUT2D eigenvalue weighted by Gasteiger charge is 2.15. The van der Waals surface area contributed by atoms with Gasteiger partial charge in [-0.1, -0.05) is 17.8 Å². The molecule has 0 radical (unpaired) electrons. The van der Waals surface area contributed by atoms with Crippen LogP contribution in [0.5, 0.6) is 17.2 Å². The predicted octanol–water partition coefficient (Wildman–Crippen LogP) is 5.56. The molecule has 3 aromatic carbocycles. The Morgan fingerprint density at radius 2 is 1.66 bits per heavy atom. The quantitative estimate of drug-likeness (QED) is 0.314. The Kier molecular flexibility index (Phi) is 6.57. The highest BCUT2D eigenvalue weighted by molar-refractivity contribution is 8.04. The van der Waals surface area contributed by atoms with Crippen molar-refractivity contribution >= 4 is 23.6 Å². The maximum Gasteiger partial charge on any atom is 0.199 e. The molecular formula is C23H19FO4S. The average Bonchev–Trinajstić information content (AvgIpc) is 2.74. The molecule has 0 amide bonds. The summed E-state index contributed by atoms with van der Waals surface area (Å²) < 4.78 is 23.4. The monoisotopic (exact) mass is 410 g/mol. The number of Topliss-reactive ketones (excluding diaryl/α,β-unsaturated/α-hetero) is 1. The zero-order valence-corrected chi connectivity index (χ0v) is 16.7. The van der Waals surface area contributed by atoms with E-state index in [1.165, 1.54) is 37.1 Å². The molecule has 148 valence electrons. The topological polar surface area (TPSA) is 55.8 Å². The fraction of sp³-hybridized carbons (Fsp3) is 0.0870. The van der Waals surface area contributed by atoms with Gasteiger partial charge in [0, 0.05) is 10.5 Å². The molecule has 0 aliphatic carbocycles. The van der Waals surface area contributed by atoms with Gasteiger partial charge in [0.2, 0.25) is 0 Å². The normalized spacial score (nSPS) is 11.2. The molecule has 0 fully saturated rings. The Balaban J connectivity index is 1.98. The van der Waals surface area contributed by atoms with Gasteiger partial charge in [-0.05, 0) is 72.3 Å². The van der Waals surface area contributed by atoms with E-state index < -0.39 is 0 Å². The van der Waals surface area contributed by atoms with Gasteiger partial charge in [0.1, 0.15) is 11.6 Å². The van der Waals surface area contributed by atoms with Crippen LogP contribution in [0.1, 0.15) is 15.9 Å². The zero-order chi connectivity index (χ0) is 20.8. The number of benzene rings is 3. The summed E-state index contributed by atoms with van der Waals surface area (Å²) in [5.41, 5.74) is 1.12. The van der Waals surface area contributed by atoms with Crippen LogP contribution in [0.4, 0.5) is 4.39 Å². The van der Waals surface area contributed by atoms with Crippen LogP contribution in [-0.4, -0.2) is 25.1 Å². The Morgan fingerprint density at radius 1 is 0.966 bits per heavy atom. The molecule has 0 atom stereocenters. The second kappa shape index (κ2) is 9.30. The number of hydrogen-bond acceptors (Lipinski definition) is 5. The van der Waals surface area contributed by atoms with E-state index >= 15 is 0 Å². The minimum atomic E-state index is -0.346. The van der Waals surface area contributed by atoms with Crippen LogP contribution in [0.25, 0.3) is 6.08 Å². The first-order chi connectivity index (χ1) is 14.0. The number of aromatic hydroxyl groups is 1. The van der Waals surface area contributed by atoms with Crippen molar-refractivity contribution in [1.29, 1.82) is 0 Å². The molecule has 29 heavy (non-hydrogen) atoms. The van der Waals surface area contributed by atoms with E-state index in [0.29, 0.717) is 27.5 Å². The van der Waals surface area contributed by atoms with Crippen LogP contribution in [0.3, 0.4) is 0 Å². The van der Waals surface area contributed by atoms with Crippen molar-refractivity contribution in [3.05, 3.63) is 88.6 Å². The minimum absolute atomic E-state index is 0.0238. The summed E-state index contributed by atoms with van der Waals surface area (Å²) >= 11 is 1.22. The van der Waals surface area contributed by atoms with Gasteiger partial charge in [-0.2, -0.15) is 0 Å². The number of hydrogen-bond donors (Lipinski definition) is 1. The fourth-order valence-electron chi connectivity index (χ4n) is 2.60. The molecule has 0 bridgehead atoms. The fourth-order valence-corrected chi connectivity index (χ4v) is 3.54. The molecule has 6 heteroatoms. The second-order valence-electron chi connectivity index (χ2n) is 6.05. The lowest BCUT2D eigenvalue weighted by Crippen LogP contribution is -2.01. The summed E-state index contributed by atoms with van der Waals surface area (Å²) in [4.78, 5) is 14.3. The number of rotatable bonds is 7. The maximum atomic E-state index is 13.2. The third-order valence-corrected chi connectivity index (χ3v) is 5.15. The molecule has 0 spiro atoms. The summed E-state index contributed by atoms with van der Waals surface area (Å²) in [5.74, 6) is 0.428. The number of halogens is 1. The van der Waals surface area contributed by atoms with E-state index in [9.17, 15) is 14.3 Å². The summed E-state index contributed by atoms with van der Waals surface area (Å²) in [6.45, 7) is 0. The highest BCUT2D eigenvalue weighted by atomic mass is 32.2. The molecule has 3 aromatic rings. The SMILES string of the molecule is COc1ccc(C(=O)/C(=C\c2ccc(OC)c(O)c2)Sc2ccc(F)cc2)cc1. The molecule has 3 rings (SSSR count). The average molecular weight is 410 g/mol. The van der Waals surface area contributed by atoms with Crippen LogP contribution in [0, 0.1) is 5.82 Å². The van der Waals surface area contributed by atoms with Crippen LogP contribution >= 0.6 is 11.8 Å². The molecule has 0 aliphatic rings. The number of ether oxygens (including phenoxy) is 2. The van der Waals surface area contributed by atoms with E-state index in [-0.39, 0.29) is 17.3 Å². The van der Waals surface area contributed by atoms with Crippen molar-refractivity contribution < 1.29 is 23.8 Å². The summed E-state index contributed by atoms with van der Waals surface area (Å²) in [5, 5.41) is 10.0. The highest BCUT2D eigenvalue weighted by Crippen LogP contribution is 2.33.